The number of nitrogens with zero attached hydrogens (tertiary/aromatic N) is 2. The van der Waals surface area contributed by atoms with Gasteiger partial charge in [-0.1, -0.05) is 194 Å². The number of benzene rings is 9. The maximum Gasteiger partial charge on any atom is 0.145 e. The van der Waals surface area contributed by atoms with E-state index >= 15 is 0 Å². The van der Waals surface area contributed by atoms with E-state index in [1.165, 1.54) is 71.6 Å². The molecule has 11 rings (SSSR count). The minimum atomic E-state index is 0.249. The molecule has 2 nitrogen and oxygen atoms in total. The molecule has 2 heteroatoms. The Morgan fingerprint density at radius 2 is 1.13 bits per heavy atom. The van der Waals surface area contributed by atoms with E-state index in [2.05, 4.69) is 229 Å². The number of fused-ring (bicyclic) bond motifs is 3. The van der Waals surface area contributed by atoms with Crippen LogP contribution in [0, 0.1) is 0 Å². The molecule has 1 unspecified atom stereocenters. The molecular formula is C58H42N2. The lowest BCUT2D eigenvalue weighted by atomic mass is 9.77. The third-order valence-electron chi connectivity index (χ3n) is 12.3. The molecule has 60 heavy (non-hydrogen) atoms. The zero-order valence-corrected chi connectivity index (χ0v) is 33.2. The van der Waals surface area contributed by atoms with Crippen LogP contribution in [0.25, 0.3) is 77.5 Å². The Bertz CT molecular complexity index is 3230. The van der Waals surface area contributed by atoms with Crippen LogP contribution in [0.4, 0.5) is 0 Å². The second-order valence-corrected chi connectivity index (χ2v) is 15.8. The number of imidazole rings is 1. The van der Waals surface area contributed by atoms with Gasteiger partial charge in [0, 0.05) is 17.2 Å². The molecule has 0 amide bonds. The fourth-order valence-electron chi connectivity index (χ4n) is 9.47. The predicted octanol–water partition coefficient (Wildman–Crippen LogP) is 15.1. The highest BCUT2D eigenvalue weighted by Crippen LogP contribution is 2.46. The van der Waals surface area contributed by atoms with Crippen molar-refractivity contribution in [2.45, 2.75) is 18.8 Å². The van der Waals surface area contributed by atoms with Gasteiger partial charge in [-0.25, -0.2) is 4.98 Å². The Morgan fingerprint density at radius 3 is 1.95 bits per heavy atom. The van der Waals surface area contributed by atoms with Crippen LogP contribution in [0.2, 0.25) is 0 Å². The highest BCUT2D eigenvalue weighted by molar-refractivity contribution is 6.13. The molecule has 1 aliphatic rings. The van der Waals surface area contributed by atoms with E-state index in [9.17, 15) is 0 Å². The van der Waals surface area contributed by atoms with Crippen LogP contribution in [-0.2, 0) is 6.42 Å². The van der Waals surface area contributed by atoms with Gasteiger partial charge in [0.15, 0.2) is 0 Å². The molecule has 284 valence electrons. The van der Waals surface area contributed by atoms with E-state index in [4.69, 9.17) is 4.98 Å². The molecule has 1 atom stereocenters. The first-order chi connectivity index (χ1) is 29.8. The van der Waals surface area contributed by atoms with Crippen molar-refractivity contribution in [1.29, 1.82) is 0 Å². The van der Waals surface area contributed by atoms with Gasteiger partial charge in [-0.15, -0.1) is 0 Å². The molecule has 1 heterocycles. The lowest BCUT2D eigenvalue weighted by Crippen LogP contribution is -2.06. The lowest BCUT2D eigenvalue weighted by Gasteiger charge is -2.27. The van der Waals surface area contributed by atoms with Crippen LogP contribution in [0.15, 0.2) is 224 Å². The average Bonchev–Trinajstić information content (AvgIpc) is 3.72. The van der Waals surface area contributed by atoms with Crippen LogP contribution in [0.1, 0.15) is 34.6 Å². The SMILES string of the molecule is C1=CCC(c2ccccc2)C(c2c3ccccc3c(Cc3ccccc3-c3ccccc3)c3ccc(-c4ccc(-c5nc6ccccc6n5-c5ccccc5)cc4)cc23)=C1. The highest BCUT2D eigenvalue weighted by atomic mass is 15.1. The highest BCUT2D eigenvalue weighted by Gasteiger charge is 2.25. The summed E-state index contributed by atoms with van der Waals surface area (Å²) in [6.07, 6.45) is 8.73. The molecule has 0 saturated heterocycles. The van der Waals surface area contributed by atoms with Crippen LogP contribution in [0.3, 0.4) is 0 Å². The van der Waals surface area contributed by atoms with Crippen LogP contribution in [0.5, 0.6) is 0 Å². The Hall–Kier alpha value is -7.55. The second-order valence-electron chi connectivity index (χ2n) is 15.8. The molecule has 0 spiro atoms. The van der Waals surface area contributed by atoms with Crippen molar-refractivity contribution in [3.63, 3.8) is 0 Å². The number of aromatic nitrogens is 2. The molecule has 9 aromatic carbocycles. The summed E-state index contributed by atoms with van der Waals surface area (Å²) in [6.45, 7) is 0. The summed E-state index contributed by atoms with van der Waals surface area (Å²) in [5.41, 5.74) is 15.9. The van der Waals surface area contributed by atoms with E-state index < -0.39 is 0 Å². The van der Waals surface area contributed by atoms with Gasteiger partial charge < -0.3 is 0 Å². The van der Waals surface area contributed by atoms with Crippen molar-refractivity contribution in [1.82, 2.24) is 9.55 Å². The van der Waals surface area contributed by atoms with Gasteiger partial charge in [0.1, 0.15) is 5.82 Å². The summed E-state index contributed by atoms with van der Waals surface area (Å²) in [5, 5.41) is 5.19. The first kappa shape index (κ1) is 35.6. The molecule has 0 aliphatic heterocycles. The van der Waals surface area contributed by atoms with E-state index in [1.54, 1.807) is 0 Å². The van der Waals surface area contributed by atoms with Gasteiger partial charge in [0.2, 0.25) is 0 Å². The minimum Gasteiger partial charge on any atom is -0.292 e. The summed E-state index contributed by atoms with van der Waals surface area (Å²) < 4.78 is 2.27. The predicted molar refractivity (Wildman–Crippen MR) is 253 cm³/mol. The van der Waals surface area contributed by atoms with Gasteiger partial charge in [0.25, 0.3) is 0 Å². The Kier molecular flexibility index (Phi) is 9.09. The maximum atomic E-state index is 5.15. The van der Waals surface area contributed by atoms with Gasteiger partial charge in [-0.2, -0.15) is 0 Å². The molecule has 0 bridgehead atoms. The molecule has 1 aliphatic carbocycles. The van der Waals surface area contributed by atoms with E-state index in [-0.39, 0.29) is 5.92 Å². The monoisotopic (exact) mass is 766 g/mol. The summed E-state index contributed by atoms with van der Waals surface area (Å²) in [4.78, 5) is 5.15. The maximum absolute atomic E-state index is 5.15. The van der Waals surface area contributed by atoms with Crippen LogP contribution >= 0.6 is 0 Å². The molecule has 0 radical (unpaired) electrons. The molecular weight excluding hydrogens is 725 g/mol. The lowest BCUT2D eigenvalue weighted by molar-refractivity contribution is 0.876. The van der Waals surface area contributed by atoms with Gasteiger partial charge in [0.05, 0.1) is 11.0 Å². The quantitative estimate of drug-likeness (QED) is 0.141. The van der Waals surface area contributed by atoms with Crippen LogP contribution in [-0.4, -0.2) is 9.55 Å². The molecule has 1 aromatic heterocycles. The smallest absolute Gasteiger partial charge is 0.145 e. The zero-order chi connectivity index (χ0) is 39.8. The van der Waals surface area contributed by atoms with Crippen molar-refractivity contribution < 1.29 is 0 Å². The van der Waals surface area contributed by atoms with E-state index in [1.807, 2.05) is 0 Å². The normalized spacial score (nSPS) is 13.9. The summed E-state index contributed by atoms with van der Waals surface area (Å²) in [5.74, 6) is 1.19. The number of hydrogen-bond acceptors (Lipinski definition) is 1. The molecule has 0 saturated carbocycles. The molecule has 0 N–H and O–H groups in total. The standard InChI is InChI=1S/C58H42N2/c1-4-18-41(19-5-1)47-25-11-10-22-45(47)39-53-49-27-13-15-29-52(49)57(51-28-14-12-26-48(51)42-20-6-2-7-21-42)54-38-44(36-37-50(53)54)40-32-34-43(35-33-40)58-59-55-30-16-17-31-56(55)60(58)46-23-8-3-9-24-46/h1-25,27-38,48H,26,39H2. The number of para-hydroxylation sites is 3. The number of allylic oxidation sites excluding steroid dienone is 4. The van der Waals surface area contributed by atoms with Crippen molar-refractivity contribution in [2.24, 2.45) is 0 Å². The third kappa shape index (κ3) is 6.34. The zero-order valence-electron chi connectivity index (χ0n) is 33.2. The Labute approximate surface area is 351 Å². The topological polar surface area (TPSA) is 17.8 Å². The fraction of sp³-hybridized carbons (Fsp3) is 0.0517. The molecule has 10 aromatic rings. The minimum absolute atomic E-state index is 0.249. The first-order valence-corrected chi connectivity index (χ1v) is 20.9. The Balaban J connectivity index is 1.10. The van der Waals surface area contributed by atoms with E-state index in [0.29, 0.717) is 0 Å². The summed E-state index contributed by atoms with van der Waals surface area (Å²) >= 11 is 0. The van der Waals surface area contributed by atoms with Crippen molar-refractivity contribution >= 4 is 38.2 Å². The van der Waals surface area contributed by atoms with Gasteiger partial charge >= 0.3 is 0 Å². The van der Waals surface area contributed by atoms with Gasteiger partial charge in [-0.05, 0) is 115 Å². The van der Waals surface area contributed by atoms with Crippen molar-refractivity contribution in [3.8, 4) is 39.3 Å². The van der Waals surface area contributed by atoms with Crippen molar-refractivity contribution in [2.75, 3.05) is 0 Å². The third-order valence-corrected chi connectivity index (χ3v) is 12.3. The fourth-order valence-corrected chi connectivity index (χ4v) is 9.47. The second kappa shape index (κ2) is 15.3. The van der Waals surface area contributed by atoms with Gasteiger partial charge in [-0.3, -0.25) is 4.57 Å². The summed E-state index contributed by atoms with van der Waals surface area (Å²) in [6, 6.07) is 74.9. The average molecular weight is 767 g/mol. The first-order valence-electron chi connectivity index (χ1n) is 20.9. The number of hydrogen-bond donors (Lipinski definition) is 0. The van der Waals surface area contributed by atoms with E-state index in [0.717, 1.165) is 41.0 Å². The van der Waals surface area contributed by atoms with Crippen LogP contribution < -0.4 is 0 Å². The number of rotatable bonds is 8. The largest absolute Gasteiger partial charge is 0.292 e. The van der Waals surface area contributed by atoms with Crippen molar-refractivity contribution in [3.05, 3.63) is 247 Å². The summed E-state index contributed by atoms with van der Waals surface area (Å²) in [7, 11) is 0. The Morgan fingerprint density at radius 1 is 0.500 bits per heavy atom. The molecule has 0 fully saturated rings.